The predicted octanol–water partition coefficient (Wildman–Crippen LogP) is 2.68. The standard InChI is InChI=1S/C26H36N2O5/c1-14(2)21(24(30)31)27-17-8-9-26(32-3)19-12-16-6-7-18(29)22-20(16)25(26,23(17)33-22)10-11-28(19)13-15-4-5-15/h6-7,14-15,17,19,21,23,27,29H,4-5,8-13H2,1-3H3,(H,30,31)/t17-,19?,21-,23+,25?,26-/m1/s1. The third-order valence-electron chi connectivity index (χ3n) is 9.41. The van der Waals surface area contributed by atoms with E-state index in [1.54, 1.807) is 6.07 Å². The highest BCUT2D eigenvalue weighted by atomic mass is 16.5. The second-order valence-corrected chi connectivity index (χ2v) is 11.3. The van der Waals surface area contributed by atoms with Crippen LogP contribution >= 0.6 is 0 Å². The first kappa shape index (κ1) is 21.7. The first-order chi connectivity index (χ1) is 15.8. The third-order valence-corrected chi connectivity index (χ3v) is 9.41. The second kappa shape index (κ2) is 7.33. The first-order valence-corrected chi connectivity index (χ1v) is 12.6. The monoisotopic (exact) mass is 456 g/mol. The van der Waals surface area contributed by atoms with Crippen molar-refractivity contribution >= 4 is 5.97 Å². The van der Waals surface area contributed by atoms with Crippen LogP contribution in [-0.2, 0) is 21.4 Å². The van der Waals surface area contributed by atoms with Crippen molar-refractivity contribution in [1.29, 1.82) is 0 Å². The van der Waals surface area contributed by atoms with Gasteiger partial charge >= 0.3 is 5.97 Å². The van der Waals surface area contributed by atoms with Gasteiger partial charge in [-0.3, -0.25) is 15.0 Å². The molecule has 1 spiro atoms. The molecule has 0 radical (unpaired) electrons. The summed E-state index contributed by atoms with van der Waals surface area (Å²) in [5, 5.41) is 24.1. The summed E-state index contributed by atoms with van der Waals surface area (Å²) in [4.78, 5) is 14.7. The molecule has 180 valence electrons. The van der Waals surface area contributed by atoms with Crippen molar-refractivity contribution < 1.29 is 24.5 Å². The number of methoxy groups -OCH3 is 1. The fourth-order valence-corrected chi connectivity index (χ4v) is 7.82. The number of carboxylic acid groups (broad SMARTS) is 1. The smallest absolute Gasteiger partial charge is 0.320 e. The maximum Gasteiger partial charge on any atom is 0.320 e. The van der Waals surface area contributed by atoms with E-state index < -0.39 is 17.6 Å². The number of carbonyl (C=O) groups is 1. The van der Waals surface area contributed by atoms with Gasteiger partial charge in [-0.25, -0.2) is 0 Å². The Bertz CT molecular complexity index is 978. The first-order valence-electron chi connectivity index (χ1n) is 12.6. The molecule has 3 fully saturated rings. The van der Waals surface area contributed by atoms with Crippen molar-refractivity contribution in [2.24, 2.45) is 11.8 Å². The third kappa shape index (κ3) is 2.82. The molecular formula is C26H36N2O5. The molecule has 33 heavy (non-hydrogen) atoms. The van der Waals surface area contributed by atoms with Crippen molar-refractivity contribution in [2.45, 2.75) is 87.6 Å². The number of nitrogens with zero attached hydrogens (tertiary/aromatic N) is 1. The Morgan fingerprint density at radius 1 is 1.30 bits per heavy atom. The topological polar surface area (TPSA) is 91.3 Å². The van der Waals surface area contributed by atoms with Crippen molar-refractivity contribution in [1.82, 2.24) is 10.2 Å². The number of phenolic OH excluding ortho intramolecular Hbond substituents is 1. The number of ether oxygens (including phenoxy) is 2. The highest BCUT2D eigenvalue weighted by Crippen LogP contribution is 2.66. The largest absolute Gasteiger partial charge is 0.504 e. The number of benzene rings is 1. The van der Waals surface area contributed by atoms with Crippen molar-refractivity contribution in [3.8, 4) is 11.5 Å². The highest BCUT2D eigenvalue weighted by molar-refractivity contribution is 5.74. The minimum Gasteiger partial charge on any atom is -0.504 e. The summed E-state index contributed by atoms with van der Waals surface area (Å²) in [5.74, 6) is 0.713. The number of phenols is 1. The number of aromatic hydroxyl groups is 1. The summed E-state index contributed by atoms with van der Waals surface area (Å²) in [5.41, 5.74) is 1.60. The Hall–Kier alpha value is -1.83. The molecule has 0 aromatic heterocycles. The van der Waals surface area contributed by atoms with Crippen molar-refractivity contribution in [3.05, 3.63) is 23.3 Å². The van der Waals surface area contributed by atoms with Crippen LogP contribution in [0.25, 0.3) is 0 Å². The molecule has 0 amide bonds. The molecule has 2 heterocycles. The van der Waals surface area contributed by atoms with Crippen LogP contribution in [-0.4, -0.2) is 71.1 Å². The molecular weight excluding hydrogens is 420 g/mol. The van der Waals surface area contributed by atoms with Crippen molar-refractivity contribution in [3.63, 3.8) is 0 Å². The number of likely N-dealkylation sites (tertiary alicyclic amines) is 1. The number of nitrogens with one attached hydrogen (secondary N) is 1. The van der Waals surface area contributed by atoms with Crippen LogP contribution in [0.5, 0.6) is 11.5 Å². The van der Waals surface area contributed by atoms with Crippen LogP contribution in [0.2, 0.25) is 0 Å². The Balaban J connectivity index is 1.47. The summed E-state index contributed by atoms with van der Waals surface area (Å²) in [6, 6.07) is 3.34. The molecule has 7 nitrogen and oxygen atoms in total. The van der Waals surface area contributed by atoms with E-state index in [-0.39, 0.29) is 35.3 Å². The Morgan fingerprint density at radius 3 is 2.76 bits per heavy atom. The molecule has 6 rings (SSSR count). The molecule has 3 aliphatic carbocycles. The van der Waals surface area contributed by atoms with Gasteiger partial charge in [-0.05, 0) is 68.5 Å². The molecule has 6 atom stereocenters. The van der Waals surface area contributed by atoms with Gasteiger partial charge in [0.1, 0.15) is 12.1 Å². The quantitative estimate of drug-likeness (QED) is 0.581. The average Bonchev–Trinajstić information content (AvgIpc) is 3.53. The van der Waals surface area contributed by atoms with E-state index in [1.807, 2.05) is 21.0 Å². The summed E-state index contributed by atoms with van der Waals surface area (Å²) in [7, 11) is 1.85. The number of aliphatic carboxylic acids is 1. The minimum absolute atomic E-state index is 0.0404. The van der Waals surface area contributed by atoms with Gasteiger partial charge in [0.15, 0.2) is 11.5 Å². The van der Waals surface area contributed by atoms with Crippen LogP contribution in [0.15, 0.2) is 12.1 Å². The maximum absolute atomic E-state index is 12.0. The lowest BCUT2D eigenvalue weighted by Crippen LogP contribution is -2.79. The number of carboxylic acids is 1. The van der Waals surface area contributed by atoms with Gasteiger partial charge in [0.05, 0.1) is 11.0 Å². The molecule has 1 aromatic carbocycles. The number of hydrogen-bond acceptors (Lipinski definition) is 6. The fourth-order valence-electron chi connectivity index (χ4n) is 7.82. The zero-order chi connectivity index (χ0) is 23.1. The zero-order valence-electron chi connectivity index (χ0n) is 19.8. The second-order valence-electron chi connectivity index (χ2n) is 11.3. The summed E-state index contributed by atoms with van der Waals surface area (Å²) < 4.78 is 13.2. The van der Waals surface area contributed by atoms with E-state index in [0.717, 1.165) is 50.3 Å². The molecule has 1 aromatic rings. The number of hydrogen-bond donors (Lipinski definition) is 3. The normalized spacial score (nSPS) is 37.5. The Labute approximate surface area is 195 Å². The molecule has 5 aliphatic rings. The summed E-state index contributed by atoms with van der Waals surface area (Å²) in [6.45, 7) is 5.99. The minimum atomic E-state index is -0.828. The van der Waals surface area contributed by atoms with E-state index in [9.17, 15) is 15.0 Å². The van der Waals surface area contributed by atoms with Gasteiger partial charge in [0.25, 0.3) is 0 Å². The lowest BCUT2D eigenvalue weighted by Gasteiger charge is -2.66. The van der Waals surface area contributed by atoms with Gasteiger partial charge in [-0.15, -0.1) is 0 Å². The van der Waals surface area contributed by atoms with E-state index in [4.69, 9.17) is 9.47 Å². The molecule has 2 saturated carbocycles. The Kier molecular flexibility index (Phi) is 4.82. The molecule has 3 N–H and O–H groups in total. The van der Waals surface area contributed by atoms with E-state index in [2.05, 4.69) is 16.3 Å². The van der Waals surface area contributed by atoms with Crippen LogP contribution in [0.4, 0.5) is 0 Å². The lowest BCUT2D eigenvalue weighted by atomic mass is 9.48. The summed E-state index contributed by atoms with van der Waals surface area (Å²) >= 11 is 0. The SMILES string of the molecule is CO[C@@]12CC[C@@H](N[C@@H](C(=O)O)C(C)C)[C@@H]3Oc4c(O)ccc5c4C31CCN(CC1CC1)C2C5. The van der Waals surface area contributed by atoms with Gasteiger partial charge in [-0.1, -0.05) is 19.9 Å². The average molecular weight is 457 g/mol. The van der Waals surface area contributed by atoms with Gasteiger partial charge < -0.3 is 19.7 Å². The molecule has 2 aliphatic heterocycles. The lowest BCUT2D eigenvalue weighted by molar-refractivity contribution is -0.208. The number of piperidine rings is 1. The molecule has 1 saturated heterocycles. The van der Waals surface area contributed by atoms with E-state index in [0.29, 0.717) is 5.75 Å². The van der Waals surface area contributed by atoms with Crippen molar-refractivity contribution in [2.75, 3.05) is 20.2 Å². The maximum atomic E-state index is 12.0. The molecule has 7 heteroatoms. The van der Waals surface area contributed by atoms with Crippen LogP contribution in [0.1, 0.15) is 57.1 Å². The van der Waals surface area contributed by atoms with Crippen LogP contribution in [0, 0.1) is 11.8 Å². The molecule has 2 bridgehead atoms. The van der Waals surface area contributed by atoms with Gasteiger partial charge in [-0.2, -0.15) is 0 Å². The molecule has 2 unspecified atom stereocenters. The van der Waals surface area contributed by atoms with Gasteiger partial charge in [0.2, 0.25) is 0 Å². The van der Waals surface area contributed by atoms with Gasteiger partial charge in [0, 0.05) is 31.3 Å². The zero-order valence-corrected chi connectivity index (χ0v) is 19.8. The Morgan fingerprint density at radius 2 is 2.09 bits per heavy atom. The fraction of sp³-hybridized carbons (Fsp3) is 0.731. The van der Waals surface area contributed by atoms with E-state index >= 15 is 0 Å². The summed E-state index contributed by atoms with van der Waals surface area (Å²) in [6.07, 6.45) is 5.83. The highest BCUT2D eigenvalue weighted by Gasteiger charge is 2.74. The predicted molar refractivity (Wildman–Crippen MR) is 123 cm³/mol. The van der Waals surface area contributed by atoms with Crippen LogP contribution in [0.3, 0.4) is 0 Å². The number of rotatable bonds is 7. The van der Waals surface area contributed by atoms with E-state index in [1.165, 1.54) is 18.4 Å². The van der Waals surface area contributed by atoms with Crippen LogP contribution < -0.4 is 10.1 Å².